The Morgan fingerprint density at radius 2 is 1.93 bits per heavy atom. The summed E-state index contributed by atoms with van der Waals surface area (Å²) in [5.74, 6) is -1.19. The van der Waals surface area contributed by atoms with Crippen LogP contribution in [0.5, 0.6) is 0 Å². The number of halogens is 2. The minimum atomic E-state index is -0.595. The number of aromatic nitrogens is 2. The first-order valence-electron chi connectivity index (χ1n) is 4.42. The van der Waals surface area contributed by atoms with Crippen molar-refractivity contribution < 1.29 is 8.78 Å². The van der Waals surface area contributed by atoms with Crippen molar-refractivity contribution in [2.45, 2.75) is 6.54 Å². The van der Waals surface area contributed by atoms with Crippen molar-refractivity contribution in [1.82, 2.24) is 10.2 Å². The fourth-order valence-corrected chi connectivity index (χ4v) is 1.24. The molecule has 15 heavy (non-hydrogen) atoms. The molecule has 2 N–H and O–H groups in total. The molecular weight excluding hydrogens is 200 g/mol. The van der Waals surface area contributed by atoms with Gasteiger partial charge in [-0.05, 0) is 18.2 Å². The predicted octanol–water partition coefficient (Wildman–Crippen LogP) is 2.30. The zero-order valence-corrected chi connectivity index (χ0v) is 7.80. The lowest BCUT2D eigenvalue weighted by molar-refractivity contribution is 0.584. The second kappa shape index (κ2) is 4.08. The van der Waals surface area contributed by atoms with Crippen LogP contribution in [0.1, 0.15) is 5.69 Å². The standard InChI is InChI=1S/C10H9F2N3/c11-7-3-8(12)5-10(4-7)13-6-9-1-2-14-15-9/h1-5,13H,6H2,(H,14,15). The highest BCUT2D eigenvalue weighted by Crippen LogP contribution is 2.13. The van der Waals surface area contributed by atoms with Crippen LogP contribution in [0.3, 0.4) is 0 Å². The van der Waals surface area contributed by atoms with Gasteiger partial charge in [0.15, 0.2) is 0 Å². The Balaban J connectivity index is 2.05. The monoisotopic (exact) mass is 209 g/mol. The van der Waals surface area contributed by atoms with Crippen molar-refractivity contribution in [3.8, 4) is 0 Å². The average Bonchev–Trinajstić information content (AvgIpc) is 2.65. The molecule has 0 spiro atoms. The molecule has 0 fully saturated rings. The van der Waals surface area contributed by atoms with Gasteiger partial charge in [0, 0.05) is 18.0 Å². The minimum Gasteiger partial charge on any atom is -0.379 e. The Kier molecular flexibility index (Phi) is 2.62. The van der Waals surface area contributed by atoms with Gasteiger partial charge in [-0.25, -0.2) is 8.78 Å². The van der Waals surface area contributed by atoms with E-state index in [9.17, 15) is 8.78 Å². The van der Waals surface area contributed by atoms with E-state index in [0.717, 1.165) is 11.8 Å². The molecule has 0 aliphatic heterocycles. The quantitative estimate of drug-likeness (QED) is 0.814. The lowest BCUT2D eigenvalue weighted by atomic mass is 10.3. The first kappa shape index (κ1) is 9.64. The van der Waals surface area contributed by atoms with E-state index in [1.807, 2.05) is 0 Å². The average molecular weight is 209 g/mol. The summed E-state index contributed by atoms with van der Waals surface area (Å²) in [6, 6.07) is 5.09. The summed E-state index contributed by atoms with van der Waals surface area (Å²) in [6.07, 6.45) is 1.61. The molecular formula is C10H9F2N3. The van der Waals surface area contributed by atoms with Gasteiger partial charge in [0.2, 0.25) is 0 Å². The second-order valence-electron chi connectivity index (χ2n) is 3.09. The predicted molar refractivity (Wildman–Crippen MR) is 52.3 cm³/mol. The highest BCUT2D eigenvalue weighted by molar-refractivity contribution is 5.43. The Bertz CT molecular complexity index is 420. The topological polar surface area (TPSA) is 40.7 Å². The fourth-order valence-electron chi connectivity index (χ4n) is 1.24. The van der Waals surface area contributed by atoms with Crippen LogP contribution in [0.15, 0.2) is 30.5 Å². The van der Waals surface area contributed by atoms with Crippen molar-refractivity contribution in [1.29, 1.82) is 0 Å². The Labute approximate surface area is 85.1 Å². The van der Waals surface area contributed by atoms with Crippen LogP contribution >= 0.6 is 0 Å². The third-order valence-electron chi connectivity index (χ3n) is 1.90. The van der Waals surface area contributed by atoms with Crippen molar-refractivity contribution in [3.05, 3.63) is 47.8 Å². The van der Waals surface area contributed by atoms with Crippen LogP contribution in [0.4, 0.5) is 14.5 Å². The van der Waals surface area contributed by atoms with Gasteiger partial charge in [-0.2, -0.15) is 5.10 Å². The van der Waals surface area contributed by atoms with Gasteiger partial charge in [-0.1, -0.05) is 0 Å². The maximum Gasteiger partial charge on any atom is 0.128 e. The number of nitrogens with zero attached hydrogens (tertiary/aromatic N) is 1. The summed E-state index contributed by atoms with van der Waals surface area (Å²) in [5, 5.41) is 9.37. The van der Waals surface area contributed by atoms with Gasteiger partial charge in [0.25, 0.3) is 0 Å². The van der Waals surface area contributed by atoms with Gasteiger partial charge >= 0.3 is 0 Å². The first-order chi connectivity index (χ1) is 7.24. The molecule has 5 heteroatoms. The molecule has 78 valence electrons. The van der Waals surface area contributed by atoms with E-state index in [1.54, 1.807) is 12.3 Å². The van der Waals surface area contributed by atoms with Crippen molar-refractivity contribution in [3.63, 3.8) is 0 Å². The summed E-state index contributed by atoms with van der Waals surface area (Å²) < 4.78 is 25.6. The largest absolute Gasteiger partial charge is 0.379 e. The second-order valence-corrected chi connectivity index (χ2v) is 3.09. The number of aromatic amines is 1. The number of anilines is 1. The van der Waals surface area contributed by atoms with Crippen LogP contribution in [0.25, 0.3) is 0 Å². The SMILES string of the molecule is Fc1cc(F)cc(NCc2ccn[nH]2)c1. The Morgan fingerprint density at radius 1 is 1.20 bits per heavy atom. The summed E-state index contributed by atoms with van der Waals surface area (Å²) in [5.41, 5.74) is 1.25. The molecule has 0 aliphatic carbocycles. The van der Waals surface area contributed by atoms with Gasteiger partial charge in [0.05, 0.1) is 12.2 Å². The van der Waals surface area contributed by atoms with Crippen molar-refractivity contribution >= 4 is 5.69 Å². The number of rotatable bonds is 3. The van der Waals surface area contributed by atoms with Gasteiger partial charge < -0.3 is 5.32 Å². The van der Waals surface area contributed by atoms with E-state index >= 15 is 0 Å². The molecule has 1 aromatic heterocycles. The van der Waals surface area contributed by atoms with Crippen LogP contribution < -0.4 is 5.32 Å². The highest BCUT2D eigenvalue weighted by Gasteiger charge is 2.00. The van der Waals surface area contributed by atoms with Crippen LogP contribution in [0, 0.1) is 11.6 Å². The maximum absolute atomic E-state index is 12.8. The lowest BCUT2D eigenvalue weighted by Gasteiger charge is -2.04. The normalized spacial score (nSPS) is 10.3. The maximum atomic E-state index is 12.8. The molecule has 2 aromatic rings. The van der Waals surface area contributed by atoms with Gasteiger partial charge in [-0.3, -0.25) is 5.10 Å². The van der Waals surface area contributed by atoms with Crippen LogP contribution in [0.2, 0.25) is 0 Å². The molecule has 2 rings (SSSR count). The molecule has 1 heterocycles. The van der Waals surface area contributed by atoms with Crippen LogP contribution in [-0.4, -0.2) is 10.2 Å². The molecule has 0 atom stereocenters. The minimum absolute atomic E-state index is 0.405. The summed E-state index contributed by atoms with van der Waals surface area (Å²) >= 11 is 0. The molecule has 3 nitrogen and oxygen atoms in total. The lowest BCUT2D eigenvalue weighted by Crippen LogP contribution is -2.00. The highest BCUT2D eigenvalue weighted by atomic mass is 19.1. The zero-order chi connectivity index (χ0) is 10.7. The molecule has 0 bridgehead atoms. The van der Waals surface area contributed by atoms with Gasteiger partial charge in [-0.15, -0.1) is 0 Å². The van der Waals surface area contributed by atoms with Crippen LogP contribution in [-0.2, 0) is 6.54 Å². The third-order valence-corrected chi connectivity index (χ3v) is 1.90. The fraction of sp³-hybridized carbons (Fsp3) is 0.100. The number of hydrogen-bond donors (Lipinski definition) is 2. The number of H-pyrrole nitrogens is 1. The third kappa shape index (κ3) is 2.52. The van der Waals surface area contributed by atoms with Crippen molar-refractivity contribution in [2.24, 2.45) is 0 Å². The van der Waals surface area contributed by atoms with E-state index in [2.05, 4.69) is 15.5 Å². The molecule has 0 aliphatic rings. The Hall–Kier alpha value is -1.91. The van der Waals surface area contributed by atoms with Crippen molar-refractivity contribution in [2.75, 3.05) is 5.32 Å². The van der Waals surface area contributed by atoms with E-state index < -0.39 is 11.6 Å². The molecule has 0 saturated heterocycles. The Morgan fingerprint density at radius 3 is 2.53 bits per heavy atom. The molecule has 1 aromatic carbocycles. The van der Waals surface area contributed by atoms with Gasteiger partial charge in [0.1, 0.15) is 11.6 Å². The first-order valence-corrected chi connectivity index (χ1v) is 4.42. The summed E-state index contributed by atoms with van der Waals surface area (Å²) in [4.78, 5) is 0. The van der Waals surface area contributed by atoms with E-state index in [0.29, 0.717) is 12.2 Å². The molecule has 0 amide bonds. The molecule has 0 unspecified atom stereocenters. The number of benzene rings is 1. The van der Waals surface area contributed by atoms with E-state index in [1.165, 1.54) is 12.1 Å². The van der Waals surface area contributed by atoms with E-state index in [-0.39, 0.29) is 0 Å². The number of hydrogen-bond acceptors (Lipinski definition) is 2. The molecule has 0 saturated carbocycles. The summed E-state index contributed by atoms with van der Waals surface area (Å²) in [6.45, 7) is 0.447. The van der Waals surface area contributed by atoms with E-state index in [4.69, 9.17) is 0 Å². The number of nitrogens with one attached hydrogen (secondary N) is 2. The summed E-state index contributed by atoms with van der Waals surface area (Å²) in [7, 11) is 0. The smallest absolute Gasteiger partial charge is 0.128 e. The zero-order valence-electron chi connectivity index (χ0n) is 7.80. The molecule has 0 radical (unpaired) electrons.